The Kier molecular flexibility index (Phi) is 9.46. The number of aliphatic carboxylic acids is 2. The van der Waals surface area contributed by atoms with Crippen LogP contribution in [-0.4, -0.2) is 31.9 Å². The zero-order valence-electron chi connectivity index (χ0n) is 25.4. The number of carbonyl (C=O) groups excluding carboxylic acids is 2. The van der Waals surface area contributed by atoms with Gasteiger partial charge in [-0.15, -0.1) is 0 Å². The molecular formula is C34H36CoN4O4. The SMILES string of the molecule is CCC1=C(C)c2cc3[nH]c(cc4nc(cc5[nH]c(cc1n2)c(C)c5CCC(=O)[O-])C(CCC(=O)[O-])=C4C)c(C)c3CC.[Co+2]. The van der Waals surface area contributed by atoms with Crippen LogP contribution in [0, 0.1) is 13.8 Å². The van der Waals surface area contributed by atoms with Crippen LogP contribution in [0.15, 0.2) is 24.3 Å². The number of hydrogen-bond donors (Lipinski definition) is 2. The number of carboxylic acid groups (broad SMARTS) is 2. The van der Waals surface area contributed by atoms with Crippen LogP contribution in [0.3, 0.4) is 0 Å². The van der Waals surface area contributed by atoms with Gasteiger partial charge in [0.1, 0.15) is 0 Å². The first-order valence-corrected chi connectivity index (χ1v) is 14.6. The van der Waals surface area contributed by atoms with Gasteiger partial charge in [0.2, 0.25) is 0 Å². The van der Waals surface area contributed by atoms with E-state index in [1.165, 1.54) is 5.56 Å². The van der Waals surface area contributed by atoms with Crippen LogP contribution in [0.2, 0.25) is 0 Å². The van der Waals surface area contributed by atoms with Crippen LogP contribution < -0.4 is 10.2 Å². The summed E-state index contributed by atoms with van der Waals surface area (Å²) in [6.07, 6.45) is 1.98. The largest absolute Gasteiger partial charge is 2.00 e. The van der Waals surface area contributed by atoms with Crippen LogP contribution in [0.1, 0.15) is 98.4 Å². The first-order chi connectivity index (χ1) is 20.0. The fraction of sp³-hybridized carbons (Fsp3) is 0.353. The van der Waals surface area contributed by atoms with Crippen LogP contribution >= 0.6 is 0 Å². The van der Waals surface area contributed by atoms with Crippen molar-refractivity contribution >= 4 is 56.3 Å². The molecule has 3 aromatic heterocycles. The van der Waals surface area contributed by atoms with Gasteiger partial charge in [0.05, 0.1) is 22.8 Å². The van der Waals surface area contributed by atoms with Gasteiger partial charge in [0, 0.05) is 34.0 Å². The molecular weight excluding hydrogens is 587 g/mol. The molecule has 0 aliphatic carbocycles. The van der Waals surface area contributed by atoms with Crippen molar-refractivity contribution in [2.75, 3.05) is 0 Å². The van der Waals surface area contributed by atoms with Crippen molar-refractivity contribution in [3.05, 3.63) is 69.3 Å². The van der Waals surface area contributed by atoms with E-state index in [0.717, 1.165) is 91.0 Å². The Bertz CT molecular complexity index is 1860. The van der Waals surface area contributed by atoms with E-state index < -0.39 is 11.9 Å². The molecule has 225 valence electrons. The van der Waals surface area contributed by atoms with Crippen molar-refractivity contribution < 1.29 is 36.6 Å². The molecule has 0 spiro atoms. The number of hydrogen-bond acceptors (Lipinski definition) is 6. The quantitative estimate of drug-likeness (QED) is 0.363. The van der Waals surface area contributed by atoms with Crippen molar-refractivity contribution in [1.82, 2.24) is 19.9 Å². The van der Waals surface area contributed by atoms with Crippen molar-refractivity contribution in [3.8, 4) is 0 Å². The first kappa shape index (κ1) is 32.0. The van der Waals surface area contributed by atoms with Gasteiger partial charge >= 0.3 is 16.8 Å². The van der Waals surface area contributed by atoms with E-state index in [1.54, 1.807) is 0 Å². The van der Waals surface area contributed by atoms with Gasteiger partial charge in [-0.05, 0) is 135 Å². The topological polar surface area (TPSA) is 138 Å². The molecule has 8 bridgehead atoms. The molecule has 0 fully saturated rings. The predicted molar refractivity (Wildman–Crippen MR) is 163 cm³/mol. The average Bonchev–Trinajstić information content (AvgIpc) is 3.59. The van der Waals surface area contributed by atoms with Crippen LogP contribution in [0.25, 0.3) is 44.4 Å². The number of aryl methyl sites for hydroxylation is 4. The Morgan fingerprint density at radius 1 is 0.628 bits per heavy atom. The van der Waals surface area contributed by atoms with Gasteiger partial charge in [-0.25, -0.2) is 9.97 Å². The molecule has 1 radical (unpaired) electrons. The molecule has 9 heteroatoms. The normalized spacial score (nSPS) is 13.0. The van der Waals surface area contributed by atoms with Crippen molar-refractivity contribution in [2.24, 2.45) is 0 Å². The second-order valence-corrected chi connectivity index (χ2v) is 11.1. The van der Waals surface area contributed by atoms with Crippen molar-refractivity contribution in [3.63, 3.8) is 0 Å². The number of fused-ring (bicyclic) bond motifs is 8. The van der Waals surface area contributed by atoms with Gasteiger partial charge in [-0.1, -0.05) is 13.8 Å². The second-order valence-electron chi connectivity index (χ2n) is 11.1. The number of nitrogens with zero attached hydrogens (tertiary/aromatic N) is 2. The number of H-pyrrole nitrogens is 2. The van der Waals surface area contributed by atoms with Gasteiger partial charge in [0.25, 0.3) is 0 Å². The standard InChI is InChI=1S/C34H38N4O4.Co/c1-7-21-17(3)25-13-26-19(5)23(9-11-33(39)40)31(37-26)16-32-24(10-12-34(41)42)20(6)28(38-32)15-30-22(8-2)18(4)27(36-30)14-29(21)35-25;/h13-16,35,38H,7-12H2,1-6H3,(H,39,40)(H,41,42);/q;+2/p-2. The van der Waals surface area contributed by atoms with E-state index in [-0.39, 0.29) is 42.5 Å². The fourth-order valence-corrected chi connectivity index (χ4v) is 6.21. The summed E-state index contributed by atoms with van der Waals surface area (Å²) in [5, 5.41) is 22.8. The van der Waals surface area contributed by atoms with E-state index in [2.05, 4.69) is 43.7 Å². The first-order valence-electron chi connectivity index (χ1n) is 14.6. The summed E-state index contributed by atoms with van der Waals surface area (Å²) in [7, 11) is 0. The minimum atomic E-state index is -1.12. The molecule has 2 aliphatic heterocycles. The number of rotatable bonds is 8. The summed E-state index contributed by atoms with van der Waals surface area (Å²) >= 11 is 0. The zero-order valence-corrected chi connectivity index (χ0v) is 26.5. The zero-order chi connectivity index (χ0) is 30.3. The minimum Gasteiger partial charge on any atom is -0.550 e. The maximum absolute atomic E-state index is 11.4. The molecule has 0 unspecified atom stereocenters. The van der Waals surface area contributed by atoms with Crippen molar-refractivity contribution in [1.29, 1.82) is 0 Å². The molecule has 2 aliphatic rings. The van der Waals surface area contributed by atoms with Gasteiger partial charge in [0.15, 0.2) is 0 Å². The van der Waals surface area contributed by atoms with E-state index in [0.29, 0.717) is 5.69 Å². The van der Waals surface area contributed by atoms with Gasteiger partial charge in [-0.2, -0.15) is 0 Å². The molecule has 0 aromatic carbocycles. The summed E-state index contributed by atoms with van der Waals surface area (Å²) in [6, 6.07) is 8.09. The molecule has 0 atom stereocenters. The van der Waals surface area contributed by atoms with Gasteiger partial charge < -0.3 is 29.8 Å². The molecule has 43 heavy (non-hydrogen) atoms. The molecule has 5 rings (SSSR count). The summed E-state index contributed by atoms with van der Waals surface area (Å²) in [4.78, 5) is 40.0. The van der Waals surface area contributed by atoms with Crippen LogP contribution in [0.5, 0.6) is 0 Å². The number of carbonyl (C=O) groups is 2. The Morgan fingerprint density at radius 2 is 1.07 bits per heavy atom. The smallest absolute Gasteiger partial charge is 0.550 e. The summed E-state index contributed by atoms with van der Waals surface area (Å²) in [6.45, 7) is 12.4. The molecule has 2 N–H and O–H groups in total. The fourth-order valence-electron chi connectivity index (χ4n) is 6.21. The summed E-state index contributed by atoms with van der Waals surface area (Å²) in [5.74, 6) is -2.24. The third kappa shape index (κ3) is 6.10. The monoisotopic (exact) mass is 623 g/mol. The molecule has 0 saturated heterocycles. The molecule has 3 aromatic rings. The average molecular weight is 624 g/mol. The maximum Gasteiger partial charge on any atom is 2.00 e. The van der Waals surface area contributed by atoms with Gasteiger partial charge in [-0.3, -0.25) is 0 Å². The number of aromatic nitrogens is 4. The van der Waals surface area contributed by atoms with E-state index in [9.17, 15) is 19.8 Å². The molecule has 8 nitrogen and oxygen atoms in total. The third-order valence-corrected chi connectivity index (χ3v) is 8.67. The van der Waals surface area contributed by atoms with E-state index >= 15 is 0 Å². The molecule has 5 heterocycles. The molecule has 0 amide bonds. The van der Waals surface area contributed by atoms with E-state index in [1.807, 2.05) is 32.0 Å². The third-order valence-electron chi connectivity index (χ3n) is 8.67. The summed E-state index contributed by atoms with van der Waals surface area (Å²) < 4.78 is 0. The predicted octanol–water partition coefficient (Wildman–Crippen LogP) is 4.98. The summed E-state index contributed by atoms with van der Waals surface area (Å²) in [5.41, 5.74) is 14.9. The number of nitrogens with one attached hydrogen (secondary N) is 2. The number of carboxylic acids is 2. The molecule has 0 saturated carbocycles. The number of allylic oxidation sites excluding steroid dienone is 4. The van der Waals surface area contributed by atoms with E-state index in [4.69, 9.17) is 9.97 Å². The van der Waals surface area contributed by atoms with Crippen LogP contribution in [-0.2, 0) is 39.2 Å². The van der Waals surface area contributed by atoms with Crippen molar-refractivity contribution in [2.45, 2.75) is 80.1 Å². The minimum absolute atomic E-state index is 0. The maximum atomic E-state index is 11.4. The Morgan fingerprint density at radius 3 is 1.63 bits per heavy atom. The second kappa shape index (κ2) is 12.7. The Balaban J connectivity index is 0.00000423. The van der Waals surface area contributed by atoms with Crippen LogP contribution in [0.4, 0.5) is 0 Å². The number of aromatic amines is 2. The Hall–Kier alpha value is -3.95. The Labute approximate surface area is 261 Å².